The van der Waals surface area contributed by atoms with E-state index < -0.39 is 0 Å². The predicted molar refractivity (Wildman–Crippen MR) is 136 cm³/mol. The molecule has 0 saturated heterocycles. The summed E-state index contributed by atoms with van der Waals surface area (Å²) in [6.07, 6.45) is 10.1. The highest BCUT2D eigenvalue weighted by Crippen LogP contribution is 2.39. The molecule has 1 heteroatoms. The van der Waals surface area contributed by atoms with E-state index in [4.69, 9.17) is 0 Å². The van der Waals surface area contributed by atoms with Crippen molar-refractivity contribution < 1.29 is 0 Å². The first kappa shape index (κ1) is 20.6. The van der Waals surface area contributed by atoms with Crippen LogP contribution in [0.1, 0.15) is 23.5 Å². The first-order chi connectivity index (χ1) is 15.9. The molecule has 0 aromatic heterocycles. The average Bonchev–Trinajstić information content (AvgIpc) is 2.87. The Morgan fingerprint density at radius 2 is 1.12 bits per heavy atom. The Balaban J connectivity index is 1.61. The third-order valence-electron chi connectivity index (χ3n) is 6.01. The summed E-state index contributed by atoms with van der Waals surface area (Å²) < 4.78 is 0. The minimum absolute atomic E-state index is 0.135. The molecule has 2 unspecified atom stereocenters. The molecule has 0 nitrogen and oxygen atoms in total. The van der Waals surface area contributed by atoms with E-state index in [0.29, 0.717) is 11.8 Å². The Morgan fingerprint density at radius 3 is 1.72 bits per heavy atom. The van der Waals surface area contributed by atoms with Gasteiger partial charge in [0.15, 0.2) is 14.7 Å². The molecule has 4 aromatic rings. The Bertz CT molecular complexity index is 1150. The minimum Gasteiger partial charge on any atom is -0.0839 e. The van der Waals surface area contributed by atoms with Crippen LogP contribution in [0.5, 0.6) is 0 Å². The molecule has 1 aliphatic carbocycles. The van der Waals surface area contributed by atoms with Gasteiger partial charge in [0.2, 0.25) is 0 Å². The molecule has 0 saturated carbocycles. The molecule has 0 aliphatic heterocycles. The molecular weight excluding hydrogens is 404 g/mol. The van der Waals surface area contributed by atoms with E-state index >= 15 is 0 Å². The Morgan fingerprint density at radius 1 is 0.562 bits per heavy atom. The summed E-state index contributed by atoms with van der Waals surface area (Å²) in [6, 6.07) is 42.1. The molecule has 2 atom stereocenters. The zero-order valence-electron chi connectivity index (χ0n) is 18.0. The van der Waals surface area contributed by atoms with Crippen LogP contribution in [0.15, 0.2) is 154 Å². The van der Waals surface area contributed by atoms with Crippen LogP contribution in [0.3, 0.4) is 0 Å². The first-order valence-corrected chi connectivity index (χ1v) is 12.5. The largest absolute Gasteiger partial charge is 0.166 e. The molecule has 0 radical (unpaired) electrons. The van der Waals surface area contributed by atoms with Crippen LogP contribution in [-0.4, -0.2) is 0 Å². The maximum absolute atomic E-state index is 2.45. The molecule has 0 heterocycles. The van der Waals surface area contributed by atoms with Crippen LogP contribution in [0, 0.1) is 5.92 Å². The highest BCUT2D eigenvalue weighted by atomic mass is 32.2. The molecule has 0 fully saturated rings. The molecule has 0 bridgehead atoms. The van der Waals surface area contributed by atoms with Crippen molar-refractivity contribution in [2.45, 2.75) is 27.0 Å². The molecule has 32 heavy (non-hydrogen) atoms. The van der Waals surface area contributed by atoms with E-state index in [-0.39, 0.29) is 10.9 Å². The first-order valence-electron chi connectivity index (χ1n) is 11.2. The monoisotopic (exact) mass is 431 g/mol. The second kappa shape index (κ2) is 9.89. The van der Waals surface area contributed by atoms with Gasteiger partial charge in [0.25, 0.3) is 0 Å². The lowest BCUT2D eigenvalue weighted by molar-refractivity contribution is 0.572. The fraction of sp³-hybridized carbons (Fsp3) is 0.0968. The smallest absolute Gasteiger partial charge is 0.0839 e. The van der Waals surface area contributed by atoms with Crippen LogP contribution in [0.4, 0.5) is 0 Å². The lowest BCUT2D eigenvalue weighted by Gasteiger charge is -2.26. The highest BCUT2D eigenvalue weighted by molar-refractivity contribution is 7.97. The lowest BCUT2D eigenvalue weighted by atomic mass is 9.78. The van der Waals surface area contributed by atoms with Gasteiger partial charge in [-0.2, -0.15) is 0 Å². The Kier molecular flexibility index (Phi) is 6.37. The molecule has 0 spiro atoms. The van der Waals surface area contributed by atoms with E-state index in [1.807, 2.05) is 0 Å². The number of hydrogen-bond donors (Lipinski definition) is 0. The van der Waals surface area contributed by atoms with Gasteiger partial charge in [-0.15, -0.1) is 0 Å². The van der Waals surface area contributed by atoms with Gasteiger partial charge in [-0.05, 0) is 59.9 Å². The quantitative estimate of drug-likeness (QED) is 0.271. The molecule has 5 rings (SSSR count). The number of benzene rings is 4. The van der Waals surface area contributed by atoms with Gasteiger partial charge in [0.05, 0.1) is 10.9 Å². The van der Waals surface area contributed by atoms with Crippen LogP contribution < -0.4 is 0 Å². The maximum Gasteiger partial charge on any atom is 0.166 e. The van der Waals surface area contributed by atoms with Crippen molar-refractivity contribution in [3.63, 3.8) is 0 Å². The molecule has 0 amide bonds. The summed E-state index contributed by atoms with van der Waals surface area (Å²) in [6.45, 7) is 0. The molecule has 1 aliphatic rings. The highest BCUT2D eigenvalue weighted by Gasteiger charge is 2.30. The normalized spacial score (nSPS) is 16.2. The second-order valence-electron chi connectivity index (χ2n) is 8.11. The van der Waals surface area contributed by atoms with E-state index in [1.54, 1.807) is 0 Å². The third kappa shape index (κ3) is 4.49. The van der Waals surface area contributed by atoms with Crippen molar-refractivity contribution in [2.24, 2.45) is 5.92 Å². The van der Waals surface area contributed by atoms with Crippen molar-refractivity contribution in [3.05, 3.63) is 151 Å². The van der Waals surface area contributed by atoms with Crippen LogP contribution in [-0.2, 0) is 10.9 Å². The number of hydrogen-bond acceptors (Lipinski definition) is 0. The van der Waals surface area contributed by atoms with Gasteiger partial charge in [0.1, 0.15) is 0 Å². The predicted octanol–water partition coefficient (Wildman–Crippen LogP) is 8.05. The van der Waals surface area contributed by atoms with Crippen molar-refractivity contribution >= 4 is 10.9 Å². The van der Waals surface area contributed by atoms with Crippen molar-refractivity contribution in [1.29, 1.82) is 0 Å². The third-order valence-corrected chi connectivity index (χ3v) is 8.22. The van der Waals surface area contributed by atoms with Crippen LogP contribution in [0.25, 0.3) is 0 Å². The van der Waals surface area contributed by atoms with E-state index in [1.165, 1.54) is 25.8 Å². The average molecular weight is 432 g/mol. The standard InChI is InChI=1S/C31H27S/c1-5-14-25(15-6-1)31(26-16-7-2-8-17-26)27-18-13-23-30(24-27)32(28-19-9-3-10-20-28)29-21-11-4-12-22-29/h1-16,18-24,26,31H,17H2/q+1. The van der Waals surface area contributed by atoms with Gasteiger partial charge in [-0.25, -0.2) is 0 Å². The van der Waals surface area contributed by atoms with Crippen molar-refractivity contribution in [1.82, 2.24) is 0 Å². The zero-order chi connectivity index (χ0) is 21.6. The Labute approximate surface area is 194 Å². The van der Waals surface area contributed by atoms with Gasteiger partial charge in [-0.3, -0.25) is 0 Å². The van der Waals surface area contributed by atoms with Crippen molar-refractivity contribution in [3.8, 4) is 0 Å². The van der Waals surface area contributed by atoms with Gasteiger partial charge < -0.3 is 0 Å². The molecular formula is C31H27S+. The molecule has 4 aromatic carbocycles. The zero-order valence-corrected chi connectivity index (χ0v) is 18.9. The minimum atomic E-state index is -0.135. The van der Waals surface area contributed by atoms with Gasteiger partial charge in [-0.1, -0.05) is 103 Å². The fourth-order valence-electron chi connectivity index (χ4n) is 4.55. The summed E-state index contributed by atoms with van der Waals surface area (Å²) in [4.78, 5) is 4.08. The second-order valence-corrected chi connectivity index (χ2v) is 10.1. The summed E-state index contributed by atoms with van der Waals surface area (Å²) in [7, 11) is -0.135. The summed E-state index contributed by atoms with van der Waals surface area (Å²) in [5, 5.41) is 0. The number of allylic oxidation sites excluding steroid dienone is 4. The lowest BCUT2D eigenvalue weighted by Crippen LogP contribution is -2.14. The summed E-state index contributed by atoms with van der Waals surface area (Å²) >= 11 is 0. The molecule has 156 valence electrons. The van der Waals surface area contributed by atoms with Crippen molar-refractivity contribution in [2.75, 3.05) is 0 Å². The maximum atomic E-state index is 2.45. The van der Waals surface area contributed by atoms with E-state index in [2.05, 4.69) is 140 Å². The summed E-state index contributed by atoms with van der Waals surface area (Å²) in [5.74, 6) is 0.808. The van der Waals surface area contributed by atoms with E-state index in [0.717, 1.165) is 6.42 Å². The summed E-state index contributed by atoms with van der Waals surface area (Å²) in [5.41, 5.74) is 2.77. The van der Waals surface area contributed by atoms with Gasteiger partial charge in [0, 0.05) is 5.92 Å². The number of rotatable bonds is 6. The molecule has 0 N–H and O–H groups in total. The topological polar surface area (TPSA) is 0 Å². The van der Waals surface area contributed by atoms with Crippen LogP contribution in [0.2, 0.25) is 0 Å². The fourth-order valence-corrected chi connectivity index (χ4v) is 6.69. The van der Waals surface area contributed by atoms with E-state index in [9.17, 15) is 0 Å². The van der Waals surface area contributed by atoms with Crippen LogP contribution >= 0.6 is 0 Å². The van der Waals surface area contributed by atoms with Gasteiger partial charge >= 0.3 is 0 Å². The SMILES string of the molecule is C1=CCC(C(c2ccccc2)c2cccc([S+](c3ccccc3)c3ccccc3)c2)C=C1. The Hall–Kier alpha value is -3.29.